The minimum atomic E-state index is -2.18. The number of nitrogens with zero attached hydrogens (tertiary/aromatic N) is 1. The first-order valence-corrected chi connectivity index (χ1v) is 3.91. The quantitative estimate of drug-likeness (QED) is 0.534. The zero-order valence-corrected chi connectivity index (χ0v) is 7.47. The summed E-state index contributed by atoms with van der Waals surface area (Å²) in [6.07, 6.45) is 0. The van der Waals surface area contributed by atoms with Crippen LogP contribution in [-0.2, 0) is 15.4 Å². The lowest BCUT2D eigenvalue weighted by Gasteiger charge is -2.14. The van der Waals surface area contributed by atoms with Crippen molar-refractivity contribution >= 4 is 5.97 Å². The van der Waals surface area contributed by atoms with E-state index >= 15 is 0 Å². The van der Waals surface area contributed by atoms with Gasteiger partial charge < -0.3 is 0 Å². The van der Waals surface area contributed by atoms with Gasteiger partial charge in [0.2, 0.25) is 0 Å². The molecule has 0 heterocycles. The van der Waals surface area contributed by atoms with E-state index in [4.69, 9.17) is 0 Å². The molecule has 0 aliphatic carbocycles. The predicted octanol–water partition coefficient (Wildman–Crippen LogP) is 1.14. The molecule has 0 saturated heterocycles. The number of hydrogen-bond acceptors (Lipinski definition) is 3. The van der Waals surface area contributed by atoms with E-state index in [0.717, 1.165) is 6.92 Å². The fourth-order valence-electron chi connectivity index (χ4n) is 1.06. The normalized spacial score (nSPS) is 14.4. The highest BCUT2D eigenvalue weighted by Crippen LogP contribution is 2.24. The van der Waals surface area contributed by atoms with Crippen LogP contribution in [0.2, 0.25) is 0 Å². The number of carbonyl (C=O) groups excluding carboxylic acids is 1. The third-order valence-electron chi connectivity index (χ3n) is 2.10. The second kappa shape index (κ2) is 3.45. The van der Waals surface area contributed by atoms with E-state index in [1.807, 2.05) is 0 Å². The Kier molecular flexibility index (Phi) is 2.51. The minimum absolute atomic E-state index is 0.102. The first-order chi connectivity index (χ1) is 6.49. The molecule has 0 aromatic heterocycles. The molecule has 0 fully saturated rings. The molecule has 5 nitrogen and oxygen atoms in total. The van der Waals surface area contributed by atoms with Gasteiger partial charge in [-0.25, -0.2) is 9.90 Å². The standard InChI is InChI=1S/C9H8NO4/c1-9(8(11)12,10(13)14)7-5-3-2-4-6-7/h2-6H,1H3. The van der Waals surface area contributed by atoms with E-state index in [-0.39, 0.29) is 5.56 Å². The Morgan fingerprint density at radius 2 is 1.86 bits per heavy atom. The largest absolute Gasteiger partial charge is 0.436 e. The number of hydrogen-bond donors (Lipinski definition) is 0. The molecule has 0 bridgehead atoms. The second-order valence-electron chi connectivity index (χ2n) is 2.98. The summed E-state index contributed by atoms with van der Waals surface area (Å²) in [5.41, 5.74) is -2.08. The van der Waals surface area contributed by atoms with Crippen molar-refractivity contribution in [3.05, 3.63) is 46.0 Å². The fraction of sp³-hybridized carbons (Fsp3) is 0.222. The van der Waals surface area contributed by atoms with Gasteiger partial charge >= 0.3 is 11.5 Å². The van der Waals surface area contributed by atoms with Crippen LogP contribution in [-0.4, -0.2) is 10.9 Å². The van der Waals surface area contributed by atoms with E-state index in [1.54, 1.807) is 18.2 Å². The molecule has 0 spiro atoms. The highest BCUT2D eigenvalue weighted by Gasteiger charge is 2.49. The summed E-state index contributed by atoms with van der Waals surface area (Å²) >= 11 is 0. The van der Waals surface area contributed by atoms with Crippen molar-refractivity contribution in [1.82, 2.24) is 0 Å². The summed E-state index contributed by atoms with van der Waals surface area (Å²) in [5.74, 6) is -1.71. The second-order valence-corrected chi connectivity index (χ2v) is 2.98. The van der Waals surface area contributed by atoms with Gasteiger partial charge in [-0.15, -0.1) is 0 Å². The van der Waals surface area contributed by atoms with Crippen LogP contribution in [0.15, 0.2) is 30.3 Å². The van der Waals surface area contributed by atoms with E-state index in [2.05, 4.69) is 0 Å². The van der Waals surface area contributed by atoms with Crippen LogP contribution < -0.4 is 0 Å². The Morgan fingerprint density at radius 1 is 1.36 bits per heavy atom. The van der Waals surface area contributed by atoms with Crippen LogP contribution in [0.5, 0.6) is 0 Å². The highest BCUT2D eigenvalue weighted by molar-refractivity contribution is 5.78. The average molecular weight is 194 g/mol. The maximum Gasteiger partial charge on any atom is 0.436 e. The SMILES string of the molecule is CC(C([O])=O)(c1ccccc1)[N+](=O)[O-]. The molecule has 1 unspecified atom stereocenters. The van der Waals surface area contributed by atoms with Crippen LogP contribution >= 0.6 is 0 Å². The Morgan fingerprint density at radius 3 is 2.21 bits per heavy atom. The Labute approximate surface area is 80.1 Å². The van der Waals surface area contributed by atoms with Gasteiger partial charge in [0.25, 0.3) is 0 Å². The smallest absolute Gasteiger partial charge is 0.263 e. The monoisotopic (exact) mass is 194 g/mol. The van der Waals surface area contributed by atoms with Gasteiger partial charge in [0.1, 0.15) is 0 Å². The Bertz CT molecular complexity index is 346. The molecule has 0 aliphatic rings. The van der Waals surface area contributed by atoms with Crippen LogP contribution in [0.3, 0.4) is 0 Å². The molecule has 5 heteroatoms. The molecule has 1 rings (SSSR count). The highest BCUT2D eigenvalue weighted by atomic mass is 16.6. The molecule has 0 amide bonds. The fourth-order valence-corrected chi connectivity index (χ4v) is 1.06. The summed E-state index contributed by atoms with van der Waals surface area (Å²) in [7, 11) is 0. The summed E-state index contributed by atoms with van der Waals surface area (Å²) in [6, 6.07) is 7.51. The molecular formula is C9H8NO4. The molecule has 73 valence electrons. The average Bonchev–Trinajstić information content (AvgIpc) is 2.17. The number of rotatable bonds is 3. The van der Waals surface area contributed by atoms with Gasteiger partial charge in [0, 0.05) is 17.4 Å². The summed E-state index contributed by atoms with van der Waals surface area (Å²) in [4.78, 5) is 20.5. The molecule has 14 heavy (non-hydrogen) atoms. The predicted molar refractivity (Wildman–Crippen MR) is 46.5 cm³/mol. The summed E-state index contributed by atoms with van der Waals surface area (Å²) < 4.78 is 0. The minimum Gasteiger partial charge on any atom is -0.263 e. The van der Waals surface area contributed by atoms with Crippen LogP contribution in [0.1, 0.15) is 12.5 Å². The van der Waals surface area contributed by atoms with Gasteiger partial charge in [-0.2, -0.15) is 0 Å². The van der Waals surface area contributed by atoms with Crippen molar-refractivity contribution in [3.63, 3.8) is 0 Å². The lowest BCUT2D eigenvalue weighted by Crippen LogP contribution is -2.39. The zero-order chi connectivity index (χ0) is 10.8. The third-order valence-corrected chi connectivity index (χ3v) is 2.10. The van der Waals surface area contributed by atoms with E-state index in [9.17, 15) is 20.0 Å². The van der Waals surface area contributed by atoms with E-state index in [1.165, 1.54) is 12.1 Å². The van der Waals surface area contributed by atoms with Crippen molar-refractivity contribution in [2.24, 2.45) is 0 Å². The summed E-state index contributed by atoms with van der Waals surface area (Å²) in [6.45, 7) is 1.01. The van der Waals surface area contributed by atoms with E-state index < -0.39 is 16.4 Å². The zero-order valence-electron chi connectivity index (χ0n) is 7.47. The maximum atomic E-state index is 10.7. The Hall–Kier alpha value is -1.91. The lowest BCUT2D eigenvalue weighted by atomic mass is 9.93. The van der Waals surface area contributed by atoms with Gasteiger partial charge in [-0.3, -0.25) is 10.1 Å². The van der Waals surface area contributed by atoms with Crippen molar-refractivity contribution < 1.29 is 14.8 Å². The molecule has 1 aromatic carbocycles. The molecule has 1 radical (unpaired) electrons. The van der Waals surface area contributed by atoms with Gasteiger partial charge in [0.05, 0.1) is 0 Å². The molecular weight excluding hydrogens is 186 g/mol. The van der Waals surface area contributed by atoms with Crippen molar-refractivity contribution in [1.29, 1.82) is 0 Å². The number of carbonyl (C=O) groups is 1. The Balaban J connectivity index is 3.27. The number of nitro groups is 1. The van der Waals surface area contributed by atoms with Gasteiger partial charge in [-0.1, -0.05) is 30.3 Å². The first kappa shape index (κ1) is 10.2. The van der Waals surface area contributed by atoms with Crippen LogP contribution in [0, 0.1) is 10.1 Å². The number of benzene rings is 1. The van der Waals surface area contributed by atoms with Crippen molar-refractivity contribution in [3.8, 4) is 0 Å². The molecule has 0 aliphatic heterocycles. The van der Waals surface area contributed by atoms with Gasteiger partial charge in [0.15, 0.2) is 0 Å². The van der Waals surface area contributed by atoms with Gasteiger partial charge in [-0.05, 0) is 0 Å². The van der Waals surface area contributed by atoms with Crippen LogP contribution in [0.4, 0.5) is 0 Å². The third kappa shape index (κ3) is 1.44. The van der Waals surface area contributed by atoms with Crippen molar-refractivity contribution in [2.45, 2.75) is 12.5 Å². The lowest BCUT2D eigenvalue weighted by molar-refractivity contribution is -0.559. The first-order valence-electron chi connectivity index (χ1n) is 3.91. The topological polar surface area (TPSA) is 80.1 Å². The molecule has 1 aromatic rings. The summed E-state index contributed by atoms with van der Waals surface area (Å²) in [5, 5.41) is 21.4. The maximum absolute atomic E-state index is 10.7. The van der Waals surface area contributed by atoms with Crippen molar-refractivity contribution in [2.75, 3.05) is 0 Å². The molecule has 1 atom stereocenters. The molecule has 0 saturated carbocycles. The molecule has 0 N–H and O–H groups in total. The van der Waals surface area contributed by atoms with E-state index in [0.29, 0.717) is 0 Å². The van der Waals surface area contributed by atoms with Crippen LogP contribution in [0.25, 0.3) is 0 Å².